The summed E-state index contributed by atoms with van der Waals surface area (Å²) in [6, 6.07) is 17.1. The standard InChI is InChI=1S/C21H28N4/c1-24(2)21-11-8-17(14-22-21)23-18-12-19-9-10-20(13-18)25(19)15-16-6-4-3-5-7-16/h3-8,11,14,18-20,23H,9-10,12-13,15H2,1-2H3/t18?,19-,20+. The van der Waals surface area contributed by atoms with Gasteiger partial charge in [0.1, 0.15) is 5.82 Å². The van der Waals surface area contributed by atoms with Crippen molar-refractivity contribution >= 4 is 11.5 Å². The van der Waals surface area contributed by atoms with Crippen LogP contribution in [0.15, 0.2) is 48.7 Å². The van der Waals surface area contributed by atoms with E-state index in [1.165, 1.54) is 31.2 Å². The maximum Gasteiger partial charge on any atom is 0.128 e. The Morgan fingerprint density at radius 1 is 1.04 bits per heavy atom. The number of piperidine rings is 1. The lowest BCUT2D eigenvalue weighted by molar-refractivity contribution is 0.124. The van der Waals surface area contributed by atoms with Gasteiger partial charge in [0, 0.05) is 38.8 Å². The number of nitrogens with one attached hydrogen (secondary N) is 1. The van der Waals surface area contributed by atoms with Gasteiger partial charge in [-0.25, -0.2) is 4.98 Å². The maximum absolute atomic E-state index is 4.52. The van der Waals surface area contributed by atoms with Crippen LogP contribution in [0.5, 0.6) is 0 Å². The molecular weight excluding hydrogens is 308 g/mol. The molecule has 2 aliphatic heterocycles. The summed E-state index contributed by atoms with van der Waals surface area (Å²) >= 11 is 0. The van der Waals surface area contributed by atoms with Gasteiger partial charge in [0.2, 0.25) is 0 Å². The second kappa shape index (κ2) is 7.04. The molecule has 0 aliphatic carbocycles. The summed E-state index contributed by atoms with van der Waals surface area (Å²) in [5.41, 5.74) is 2.58. The van der Waals surface area contributed by atoms with Crippen LogP contribution >= 0.6 is 0 Å². The topological polar surface area (TPSA) is 31.4 Å². The minimum atomic E-state index is 0.566. The van der Waals surface area contributed by atoms with Gasteiger partial charge in [-0.1, -0.05) is 30.3 Å². The predicted octanol–water partition coefficient (Wildman–Crippen LogP) is 3.76. The molecule has 2 aliphatic rings. The first kappa shape index (κ1) is 16.4. The fourth-order valence-electron chi connectivity index (χ4n) is 4.42. The normalized spacial score (nSPS) is 25.8. The molecule has 2 bridgehead atoms. The molecule has 132 valence electrons. The number of fused-ring (bicyclic) bond motifs is 2. The number of hydrogen-bond acceptors (Lipinski definition) is 4. The Kier molecular flexibility index (Phi) is 4.62. The van der Waals surface area contributed by atoms with E-state index in [9.17, 15) is 0 Å². The van der Waals surface area contributed by atoms with E-state index in [4.69, 9.17) is 0 Å². The summed E-state index contributed by atoms with van der Waals surface area (Å²) < 4.78 is 0. The molecule has 1 aromatic heterocycles. The van der Waals surface area contributed by atoms with E-state index >= 15 is 0 Å². The van der Waals surface area contributed by atoms with Crippen LogP contribution in [0, 0.1) is 0 Å². The fourth-order valence-corrected chi connectivity index (χ4v) is 4.42. The molecule has 2 aromatic rings. The van der Waals surface area contributed by atoms with Gasteiger partial charge in [0.25, 0.3) is 0 Å². The highest BCUT2D eigenvalue weighted by Gasteiger charge is 2.40. The molecule has 3 atom stereocenters. The Morgan fingerprint density at radius 2 is 1.76 bits per heavy atom. The smallest absolute Gasteiger partial charge is 0.128 e. The highest BCUT2D eigenvalue weighted by Crippen LogP contribution is 2.37. The first-order valence-electron chi connectivity index (χ1n) is 9.38. The predicted molar refractivity (Wildman–Crippen MR) is 104 cm³/mol. The number of anilines is 2. The van der Waals surface area contributed by atoms with Crippen molar-refractivity contribution in [1.82, 2.24) is 9.88 Å². The van der Waals surface area contributed by atoms with Crippen LogP contribution in [-0.2, 0) is 6.54 Å². The lowest BCUT2D eigenvalue weighted by Crippen LogP contribution is -2.46. The van der Waals surface area contributed by atoms with Crippen molar-refractivity contribution in [3.05, 3.63) is 54.2 Å². The highest BCUT2D eigenvalue weighted by atomic mass is 15.2. The highest BCUT2D eigenvalue weighted by molar-refractivity contribution is 5.48. The van der Waals surface area contributed by atoms with Gasteiger partial charge in [0.15, 0.2) is 0 Å². The minimum Gasteiger partial charge on any atom is -0.381 e. The van der Waals surface area contributed by atoms with Gasteiger partial charge < -0.3 is 10.2 Å². The first-order chi connectivity index (χ1) is 12.2. The average Bonchev–Trinajstić information content (AvgIpc) is 2.86. The van der Waals surface area contributed by atoms with Crippen molar-refractivity contribution in [1.29, 1.82) is 0 Å². The number of nitrogens with zero attached hydrogens (tertiary/aromatic N) is 3. The number of hydrogen-bond donors (Lipinski definition) is 1. The van der Waals surface area contributed by atoms with Gasteiger partial charge in [0.05, 0.1) is 11.9 Å². The van der Waals surface area contributed by atoms with Gasteiger partial charge >= 0.3 is 0 Å². The number of aromatic nitrogens is 1. The molecule has 0 amide bonds. The lowest BCUT2D eigenvalue weighted by Gasteiger charge is -2.39. The quantitative estimate of drug-likeness (QED) is 0.901. The van der Waals surface area contributed by atoms with E-state index in [1.54, 1.807) is 0 Å². The van der Waals surface area contributed by atoms with Gasteiger partial charge in [-0.2, -0.15) is 0 Å². The summed E-state index contributed by atoms with van der Waals surface area (Å²) in [6.45, 7) is 1.10. The van der Waals surface area contributed by atoms with Crippen LogP contribution < -0.4 is 10.2 Å². The number of pyridine rings is 1. The lowest BCUT2D eigenvalue weighted by atomic mass is 9.96. The zero-order chi connectivity index (χ0) is 17.2. The van der Waals surface area contributed by atoms with Crippen LogP contribution in [-0.4, -0.2) is 42.1 Å². The van der Waals surface area contributed by atoms with Crippen molar-refractivity contribution in [2.75, 3.05) is 24.3 Å². The zero-order valence-corrected chi connectivity index (χ0v) is 15.2. The van der Waals surface area contributed by atoms with Crippen molar-refractivity contribution in [3.63, 3.8) is 0 Å². The first-order valence-corrected chi connectivity index (χ1v) is 9.38. The van der Waals surface area contributed by atoms with E-state index in [0.29, 0.717) is 18.1 Å². The van der Waals surface area contributed by atoms with Gasteiger partial charge in [-0.3, -0.25) is 4.90 Å². The van der Waals surface area contributed by atoms with Crippen LogP contribution in [0.2, 0.25) is 0 Å². The number of rotatable bonds is 5. The molecular formula is C21H28N4. The van der Waals surface area contributed by atoms with Crippen molar-refractivity contribution in [2.45, 2.75) is 50.4 Å². The average molecular weight is 336 g/mol. The largest absolute Gasteiger partial charge is 0.381 e. The summed E-state index contributed by atoms with van der Waals surface area (Å²) in [7, 11) is 4.05. The summed E-state index contributed by atoms with van der Waals surface area (Å²) in [5, 5.41) is 3.72. The molecule has 1 aromatic carbocycles. The molecule has 0 spiro atoms. The Hall–Kier alpha value is -2.07. The van der Waals surface area contributed by atoms with Crippen molar-refractivity contribution < 1.29 is 0 Å². The molecule has 2 saturated heterocycles. The van der Waals surface area contributed by atoms with Gasteiger partial charge in [-0.05, 0) is 43.4 Å². The Bertz CT molecular complexity index is 669. The molecule has 4 heteroatoms. The van der Waals surface area contributed by atoms with E-state index in [1.807, 2.05) is 25.2 Å². The fraction of sp³-hybridized carbons (Fsp3) is 0.476. The van der Waals surface area contributed by atoms with Crippen LogP contribution in [0.25, 0.3) is 0 Å². The summed E-state index contributed by atoms with van der Waals surface area (Å²) in [6.07, 6.45) is 7.12. The SMILES string of the molecule is CN(C)c1ccc(NC2C[C@H]3CC[C@@H](C2)N3Cc2ccccc2)cn1. The molecule has 4 nitrogen and oxygen atoms in total. The molecule has 4 rings (SSSR count). The Morgan fingerprint density at radius 3 is 2.36 bits per heavy atom. The number of benzene rings is 1. The summed E-state index contributed by atoms with van der Waals surface area (Å²) in [4.78, 5) is 9.29. The Balaban J connectivity index is 1.38. The van der Waals surface area contributed by atoms with E-state index in [-0.39, 0.29) is 0 Å². The Labute approximate surface area is 150 Å². The molecule has 1 unspecified atom stereocenters. The minimum absolute atomic E-state index is 0.566. The molecule has 25 heavy (non-hydrogen) atoms. The molecule has 2 fully saturated rings. The van der Waals surface area contributed by atoms with Crippen LogP contribution in [0.4, 0.5) is 11.5 Å². The molecule has 0 radical (unpaired) electrons. The molecule has 3 heterocycles. The second-order valence-corrected chi connectivity index (χ2v) is 7.66. The van der Waals surface area contributed by atoms with Crippen LogP contribution in [0.3, 0.4) is 0 Å². The third-order valence-electron chi connectivity index (χ3n) is 5.67. The second-order valence-electron chi connectivity index (χ2n) is 7.66. The van der Waals surface area contributed by atoms with Crippen molar-refractivity contribution in [3.8, 4) is 0 Å². The zero-order valence-electron chi connectivity index (χ0n) is 15.2. The maximum atomic E-state index is 4.52. The van der Waals surface area contributed by atoms with E-state index in [0.717, 1.165) is 18.1 Å². The molecule has 1 N–H and O–H groups in total. The monoisotopic (exact) mass is 336 g/mol. The molecule has 0 saturated carbocycles. The van der Waals surface area contributed by atoms with Crippen molar-refractivity contribution in [2.24, 2.45) is 0 Å². The van der Waals surface area contributed by atoms with Gasteiger partial charge in [-0.15, -0.1) is 0 Å². The van der Waals surface area contributed by atoms with E-state index in [2.05, 4.69) is 57.7 Å². The van der Waals surface area contributed by atoms with Crippen LogP contribution in [0.1, 0.15) is 31.2 Å². The third kappa shape index (κ3) is 3.64. The third-order valence-corrected chi connectivity index (χ3v) is 5.67. The summed E-state index contributed by atoms with van der Waals surface area (Å²) in [5.74, 6) is 1.00. The van der Waals surface area contributed by atoms with E-state index < -0.39 is 0 Å².